The summed E-state index contributed by atoms with van der Waals surface area (Å²) in [6, 6.07) is 0. The maximum atomic E-state index is 13.0. The first-order valence-corrected chi connectivity index (χ1v) is 35.1. The fraction of sp³-hybridized carbons (Fsp3) is 0.773. The third-order valence-corrected chi connectivity index (χ3v) is 15.4. The molecule has 0 N–H and O–H groups in total. The Morgan fingerprint density at radius 3 is 0.778 bits per heavy atom. The molecule has 0 aromatic heterocycles. The van der Waals surface area contributed by atoms with Gasteiger partial charge in [0.25, 0.3) is 0 Å². The molecule has 0 saturated heterocycles. The molecule has 6 heteroatoms. The second-order valence-electron chi connectivity index (χ2n) is 23.4. The number of carbonyl (C=O) groups excluding carboxylic acids is 3. The first-order valence-electron chi connectivity index (χ1n) is 35.1. The van der Waals surface area contributed by atoms with E-state index in [2.05, 4.69) is 106 Å². The van der Waals surface area contributed by atoms with E-state index < -0.39 is 6.10 Å². The Hall–Kier alpha value is -3.41. The highest BCUT2D eigenvalue weighted by atomic mass is 16.6. The molecule has 0 saturated carbocycles. The van der Waals surface area contributed by atoms with Gasteiger partial charge in [-0.1, -0.05) is 324 Å². The lowest BCUT2D eigenvalue weighted by molar-refractivity contribution is -0.167. The summed E-state index contributed by atoms with van der Waals surface area (Å²) in [5, 5.41) is 0. The van der Waals surface area contributed by atoms with E-state index in [1.54, 1.807) is 0 Å². The zero-order valence-electron chi connectivity index (χ0n) is 53.8. The van der Waals surface area contributed by atoms with Gasteiger partial charge in [0, 0.05) is 19.3 Å². The summed E-state index contributed by atoms with van der Waals surface area (Å²) >= 11 is 0. The average Bonchev–Trinajstić information content (AvgIpc) is 3.47. The maximum Gasteiger partial charge on any atom is 0.306 e. The predicted octanol–water partition coefficient (Wildman–Crippen LogP) is 24.2. The van der Waals surface area contributed by atoms with Crippen LogP contribution >= 0.6 is 0 Å². The maximum absolute atomic E-state index is 13.0. The molecule has 0 spiro atoms. The van der Waals surface area contributed by atoms with Crippen molar-refractivity contribution in [2.24, 2.45) is 0 Å². The number of rotatable bonds is 64. The molecule has 468 valence electrons. The Balaban J connectivity index is 4.36. The number of esters is 3. The first kappa shape index (κ1) is 77.6. The summed E-state index contributed by atoms with van der Waals surface area (Å²) < 4.78 is 17.0. The lowest BCUT2D eigenvalue weighted by Crippen LogP contribution is -2.30. The molecule has 0 aromatic rings. The van der Waals surface area contributed by atoms with Crippen LogP contribution in [-0.4, -0.2) is 37.2 Å². The molecule has 0 fully saturated rings. The molecule has 0 aromatic carbocycles. The summed E-state index contributed by atoms with van der Waals surface area (Å²) in [6.07, 6.45) is 91.8. The number of ether oxygens (including phenoxy) is 3. The number of hydrogen-bond acceptors (Lipinski definition) is 6. The van der Waals surface area contributed by atoms with Crippen LogP contribution in [0.25, 0.3) is 0 Å². The van der Waals surface area contributed by atoms with Crippen molar-refractivity contribution < 1.29 is 28.6 Å². The van der Waals surface area contributed by atoms with Crippen LogP contribution in [0.15, 0.2) is 85.1 Å². The summed E-state index contributed by atoms with van der Waals surface area (Å²) in [6.45, 7) is 6.53. The molecule has 0 aliphatic rings. The quantitative estimate of drug-likeness (QED) is 0.0261. The van der Waals surface area contributed by atoms with Gasteiger partial charge in [-0.15, -0.1) is 0 Å². The molecule has 6 nitrogen and oxygen atoms in total. The van der Waals surface area contributed by atoms with E-state index in [-0.39, 0.29) is 31.1 Å². The monoisotopic (exact) mass is 1130 g/mol. The first-order chi connectivity index (χ1) is 40.0. The lowest BCUT2D eigenvalue weighted by Gasteiger charge is -2.18. The van der Waals surface area contributed by atoms with Gasteiger partial charge in [-0.05, 0) is 96.3 Å². The fourth-order valence-corrected chi connectivity index (χ4v) is 10.2. The van der Waals surface area contributed by atoms with Gasteiger partial charge >= 0.3 is 17.9 Å². The Bertz CT molecular complexity index is 1530. The van der Waals surface area contributed by atoms with Crippen LogP contribution in [0.5, 0.6) is 0 Å². The van der Waals surface area contributed by atoms with Gasteiger partial charge < -0.3 is 14.2 Å². The normalized spacial score (nSPS) is 12.6. The summed E-state index contributed by atoms with van der Waals surface area (Å²) in [7, 11) is 0. The number of allylic oxidation sites excluding steroid dienone is 14. The van der Waals surface area contributed by atoms with Crippen LogP contribution in [0.3, 0.4) is 0 Å². The second-order valence-corrected chi connectivity index (χ2v) is 23.4. The average molecular weight is 1130 g/mol. The Morgan fingerprint density at radius 2 is 0.481 bits per heavy atom. The number of unbranched alkanes of at least 4 members (excludes halogenated alkanes) is 39. The molecule has 0 rings (SSSR count). The van der Waals surface area contributed by atoms with Crippen molar-refractivity contribution in [1.82, 2.24) is 0 Å². The topological polar surface area (TPSA) is 78.9 Å². The van der Waals surface area contributed by atoms with Crippen LogP contribution < -0.4 is 0 Å². The third-order valence-electron chi connectivity index (χ3n) is 15.4. The minimum atomic E-state index is -0.792. The van der Waals surface area contributed by atoms with E-state index in [1.165, 1.54) is 193 Å². The van der Waals surface area contributed by atoms with Crippen molar-refractivity contribution in [2.45, 2.75) is 361 Å². The number of hydrogen-bond donors (Lipinski definition) is 0. The highest BCUT2D eigenvalue weighted by Gasteiger charge is 2.19. The molecule has 1 unspecified atom stereocenters. The van der Waals surface area contributed by atoms with Gasteiger partial charge in [-0.25, -0.2) is 0 Å². The zero-order chi connectivity index (χ0) is 58.5. The molecule has 0 amide bonds. The summed E-state index contributed by atoms with van der Waals surface area (Å²) in [4.78, 5) is 38.5. The van der Waals surface area contributed by atoms with Crippen molar-refractivity contribution >= 4 is 17.9 Å². The van der Waals surface area contributed by atoms with Gasteiger partial charge in [0.2, 0.25) is 0 Å². The van der Waals surface area contributed by atoms with Crippen molar-refractivity contribution in [3.63, 3.8) is 0 Å². The van der Waals surface area contributed by atoms with Gasteiger partial charge in [-0.2, -0.15) is 0 Å². The van der Waals surface area contributed by atoms with Crippen molar-refractivity contribution in [2.75, 3.05) is 13.2 Å². The van der Waals surface area contributed by atoms with E-state index in [1.807, 2.05) is 0 Å². The van der Waals surface area contributed by atoms with Crippen LogP contribution in [0.1, 0.15) is 355 Å². The summed E-state index contributed by atoms with van der Waals surface area (Å²) in [5.74, 6) is -0.893. The Morgan fingerprint density at radius 1 is 0.259 bits per heavy atom. The molecule has 0 radical (unpaired) electrons. The van der Waals surface area contributed by atoms with E-state index in [4.69, 9.17) is 14.2 Å². The minimum Gasteiger partial charge on any atom is -0.462 e. The van der Waals surface area contributed by atoms with Gasteiger partial charge in [0.1, 0.15) is 13.2 Å². The van der Waals surface area contributed by atoms with Crippen molar-refractivity contribution in [3.8, 4) is 0 Å². The molecule has 0 heterocycles. The second kappa shape index (κ2) is 69.1. The summed E-state index contributed by atoms with van der Waals surface area (Å²) in [5.41, 5.74) is 0. The fourth-order valence-electron chi connectivity index (χ4n) is 10.2. The van der Waals surface area contributed by atoms with Crippen LogP contribution in [-0.2, 0) is 28.6 Å². The van der Waals surface area contributed by atoms with Crippen molar-refractivity contribution in [3.05, 3.63) is 85.1 Å². The number of carbonyl (C=O) groups is 3. The Labute approximate surface area is 503 Å². The van der Waals surface area contributed by atoms with Crippen LogP contribution in [0.2, 0.25) is 0 Å². The van der Waals surface area contributed by atoms with E-state index in [9.17, 15) is 14.4 Å². The largest absolute Gasteiger partial charge is 0.462 e. The molecular formula is C75H132O6. The highest BCUT2D eigenvalue weighted by molar-refractivity contribution is 5.71. The molecule has 0 bridgehead atoms. The van der Waals surface area contributed by atoms with Crippen LogP contribution in [0.4, 0.5) is 0 Å². The predicted molar refractivity (Wildman–Crippen MR) is 353 cm³/mol. The van der Waals surface area contributed by atoms with Crippen molar-refractivity contribution in [1.29, 1.82) is 0 Å². The minimum absolute atomic E-state index is 0.0843. The zero-order valence-corrected chi connectivity index (χ0v) is 53.8. The highest BCUT2D eigenvalue weighted by Crippen LogP contribution is 2.18. The standard InChI is InChI=1S/C75H132O6/c1-4-7-10-13-16-19-22-25-28-31-33-35-36-37-38-40-41-44-47-50-53-56-59-62-65-68-74(77)80-71-72(70-79-73(76)67-64-61-58-55-52-49-46-43-30-27-24-21-18-15-12-9-6-3)81-75(78)69-66-63-60-57-54-51-48-45-42-39-34-32-29-26-23-20-17-14-11-8-5-2/h8,11,17-18,20-21,26-27,29-30,34,39,45,48,72H,4-7,9-10,12-16,19,22-25,28,31-33,35-38,40-44,46-47,49-71H2,1-3H3/b11-8-,20-17-,21-18-,29-26-,30-27-,39-34-,48-45-. The van der Waals surface area contributed by atoms with Gasteiger partial charge in [-0.3, -0.25) is 14.4 Å². The SMILES string of the molecule is CC/C=C\C/C=C\C/C=C\C/C=C\C/C=C\CCCCCCCC(=O)OC(COC(=O)CCCCCCCCC/C=C\C/C=C\CCCCC)COC(=O)CCCCCCCCCCCCCCCCCCCCCCCCCCC. The third kappa shape index (κ3) is 67.3. The molecular weight excluding hydrogens is 997 g/mol. The van der Waals surface area contributed by atoms with Crippen LogP contribution in [0, 0.1) is 0 Å². The van der Waals surface area contributed by atoms with Gasteiger partial charge in [0.15, 0.2) is 6.10 Å². The van der Waals surface area contributed by atoms with E-state index >= 15 is 0 Å². The molecule has 0 aliphatic heterocycles. The van der Waals surface area contributed by atoms with E-state index in [0.717, 1.165) is 122 Å². The molecule has 0 aliphatic carbocycles. The van der Waals surface area contributed by atoms with E-state index in [0.29, 0.717) is 19.3 Å². The Kier molecular flexibility index (Phi) is 66.2. The molecule has 81 heavy (non-hydrogen) atoms. The molecule has 1 atom stereocenters. The van der Waals surface area contributed by atoms with Gasteiger partial charge in [0.05, 0.1) is 0 Å². The smallest absolute Gasteiger partial charge is 0.306 e. The lowest BCUT2D eigenvalue weighted by atomic mass is 10.0.